The second-order valence-corrected chi connectivity index (χ2v) is 9.97. The fourth-order valence-electron chi connectivity index (χ4n) is 4.31. The number of unbranched alkanes of at least 4 members (excludes halogenated alkanes) is 6. The largest absolute Gasteiger partial charge is 0.269 e. The minimum absolute atomic E-state index is 0.126. The van der Waals surface area contributed by atoms with Crippen molar-refractivity contribution in [1.82, 2.24) is 0 Å². The molecular formula is C24H33NO2S. The molecule has 1 unspecified atom stereocenters. The van der Waals surface area contributed by atoms with Crippen LogP contribution in [0.2, 0.25) is 0 Å². The van der Waals surface area contributed by atoms with Crippen molar-refractivity contribution < 1.29 is 8.42 Å². The number of rotatable bonds is 8. The van der Waals surface area contributed by atoms with E-state index in [2.05, 4.69) is 19.1 Å². The molecule has 0 amide bonds. The SMILES string of the molecule is CCCCCCCCCC1c2ccccc2N(C)S(=O)(=O)c2ccc(C)cc21. The Morgan fingerprint density at radius 3 is 2.32 bits per heavy atom. The molecule has 1 aliphatic rings. The maximum absolute atomic E-state index is 13.2. The first kappa shape index (κ1) is 20.9. The topological polar surface area (TPSA) is 37.4 Å². The van der Waals surface area contributed by atoms with Crippen molar-refractivity contribution in [1.29, 1.82) is 0 Å². The van der Waals surface area contributed by atoms with Gasteiger partial charge in [0.05, 0.1) is 10.6 Å². The van der Waals surface area contributed by atoms with Crippen LogP contribution in [0.4, 0.5) is 5.69 Å². The summed E-state index contributed by atoms with van der Waals surface area (Å²) in [6, 6.07) is 13.8. The van der Waals surface area contributed by atoms with E-state index in [9.17, 15) is 8.42 Å². The second-order valence-electron chi connectivity index (χ2n) is 8.04. The number of benzene rings is 2. The standard InChI is InChI=1S/C24H33NO2S/c1-4-5-6-7-8-9-10-13-20-21-14-11-12-15-23(21)25(3)28(26,27)24-17-16-19(2)18-22(20)24/h11-12,14-18,20H,4-10,13H2,1-3H3. The third-order valence-corrected chi connectivity index (χ3v) is 7.77. The lowest BCUT2D eigenvalue weighted by Gasteiger charge is -2.21. The molecule has 152 valence electrons. The van der Waals surface area contributed by atoms with Gasteiger partial charge >= 0.3 is 0 Å². The van der Waals surface area contributed by atoms with Crippen molar-refractivity contribution in [3.8, 4) is 0 Å². The Bertz CT molecular complexity index is 905. The van der Waals surface area contributed by atoms with Crippen LogP contribution >= 0.6 is 0 Å². The molecule has 2 aromatic carbocycles. The lowest BCUT2D eigenvalue weighted by molar-refractivity contribution is 0.556. The predicted molar refractivity (Wildman–Crippen MR) is 118 cm³/mol. The van der Waals surface area contributed by atoms with Gasteiger partial charge in [0.25, 0.3) is 10.0 Å². The van der Waals surface area contributed by atoms with Crippen LogP contribution in [0.5, 0.6) is 0 Å². The van der Waals surface area contributed by atoms with E-state index in [1.807, 2.05) is 31.2 Å². The summed E-state index contributed by atoms with van der Waals surface area (Å²) in [5.74, 6) is 0.126. The summed E-state index contributed by atoms with van der Waals surface area (Å²) < 4.78 is 28.0. The molecule has 28 heavy (non-hydrogen) atoms. The normalized spacial score (nSPS) is 17.7. The van der Waals surface area contributed by atoms with Crippen molar-refractivity contribution in [3.05, 3.63) is 59.2 Å². The molecule has 0 fully saturated rings. The van der Waals surface area contributed by atoms with Crippen molar-refractivity contribution in [2.24, 2.45) is 0 Å². The van der Waals surface area contributed by atoms with Crippen LogP contribution in [0, 0.1) is 6.92 Å². The quantitative estimate of drug-likeness (QED) is 0.481. The lowest BCUT2D eigenvalue weighted by Crippen LogP contribution is -2.26. The smallest absolute Gasteiger partial charge is 0.264 e. The fraction of sp³-hybridized carbons (Fsp3) is 0.500. The van der Waals surface area contributed by atoms with Gasteiger partial charge in [-0.25, -0.2) is 8.42 Å². The van der Waals surface area contributed by atoms with Gasteiger partial charge in [0, 0.05) is 13.0 Å². The maximum atomic E-state index is 13.2. The highest BCUT2D eigenvalue weighted by Crippen LogP contribution is 2.43. The molecule has 0 spiro atoms. The van der Waals surface area contributed by atoms with Gasteiger partial charge in [-0.15, -0.1) is 0 Å². The molecule has 0 aliphatic carbocycles. The summed E-state index contributed by atoms with van der Waals surface area (Å²) in [7, 11) is -1.86. The van der Waals surface area contributed by atoms with E-state index < -0.39 is 10.0 Å². The maximum Gasteiger partial charge on any atom is 0.264 e. The molecule has 0 saturated heterocycles. The van der Waals surface area contributed by atoms with Crippen molar-refractivity contribution >= 4 is 15.7 Å². The highest BCUT2D eigenvalue weighted by Gasteiger charge is 2.34. The van der Waals surface area contributed by atoms with Crippen LogP contribution < -0.4 is 4.31 Å². The molecule has 4 heteroatoms. The third-order valence-electron chi connectivity index (χ3n) is 5.93. The van der Waals surface area contributed by atoms with Crippen molar-refractivity contribution in [2.45, 2.75) is 76.0 Å². The average Bonchev–Trinajstić information content (AvgIpc) is 2.75. The third kappa shape index (κ3) is 4.27. The van der Waals surface area contributed by atoms with Gasteiger partial charge in [0.2, 0.25) is 0 Å². The summed E-state index contributed by atoms with van der Waals surface area (Å²) in [5, 5.41) is 0. The Labute approximate surface area is 170 Å². The first-order chi connectivity index (χ1) is 13.5. The van der Waals surface area contributed by atoms with Gasteiger partial charge in [-0.1, -0.05) is 87.8 Å². The van der Waals surface area contributed by atoms with Crippen LogP contribution in [0.15, 0.2) is 47.4 Å². The highest BCUT2D eigenvalue weighted by atomic mass is 32.2. The van der Waals surface area contributed by atoms with E-state index in [0.717, 1.165) is 35.2 Å². The van der Waals surface area contributed by atoms with Gasteiger partial charge in [-0.3, -0.25) is 4.31 Å². The molecule has 1 aliphatic heterocycles. The minimum Gasteiger partial charge on any atom is -0.269 e. The Kier molecular flexibility index (Phi) is 6.82. The molecule has 0 bridgehead atoms. The zero-order chi connectivity index (χ0) is 20.1. The van der Waals surface area contributed by atoms with E-state index in [4.69, 9.17) is 0 Å². The van der Waals surface area contributed by atoms with E-state index in [0.29, 0.717) is 4.90 Å². The van der Waals surface area contributed by atoms with E-state index in [-0.39, 0.29) is 5.92 Å². The van der Waals surface area contributed by atoms with E-state index >= 15 is 0 Å². The summed E-state index contributed by atoms with van der Waals surface area (Å²) in [6.45, 7) is 4.28. The molecule has 0 radical (unpaired) electrons. The summed E-state index contributed by atoms with van der Waals surface area (Å²) in [6.07, 6.45) is 9.84. The van der Waals surface area contributed by atoms with Gasteiger partial charge in [0.15, 0.2) is 0 Å². The first-order valence-corrected chi connectivity index (χ1v) is 12.1. The predicted octanol–water partition coefficient (Wildman–Crippen LogP) is 6.41. The number of anilines is 1. The first-order valence-electron chi connectivity index (χ1n) is 10.6. The molecule has 3 nitrogen and oxygen atoms in total. The number of hydrogen-bond donors (Lipinski definition) is 0. The molecule has 0 saturated carbocycles. The Hall–Kier alpha value is -1.81. The van der Waals surface area contributed by atoms with Crippen LogP contribution in [0.25, 0.3) is 0 Å². The number of para-hydroxylation sites is 1. The van der Waals surface area contributed by atoms with Crippen LogP contribution in [-0.2, 0) is 10.0 Å². The molecule has 1 atom stereocenters. The van der Waals surface area contributed by atoms with Crippen molar-refractivity contribution in [3.63, 3.8) is 0 Å². The van der Waals surface area contributed by atoms with E-state index in [1.165, 1.54) is 42.8 Å². The summed E-state index contributed by atoms with van der Waals surface area (Å²) >= 11 is 0. The Morgan fingerprint density at radius 2 is 1.57 bits per heavy atom. The van der Waals surface area contributed by atoms with Crippen LogP contribution in [0.1, 0.15) is 80.9 Å². The monoisotopic (exact) mass is 399 g/mol. The molecule has 0 N–H and O–H groups in total. The summed E-state index contributed by atoms with van der Waals surface area (Å²) in [5.41, 5.74) is 4.01. The number of nitrogens with zero attached hydrogens (tertiary/aromatic N) is 1. The second kappa shape index (κ2) is 9.13. The van der Waals surface area contributed by atoms with Gasteiger partial charge in [0.1, 0.15) is 0 Å². The zero-order valence-electron chi connectivity index (χ0n) is 17.4. The number of sulfonamides is 1. The van der Waals surface area contributed by atoms with Crippen molar-refractivity contribution in [2.75, 3.05) is 11.4 Å². The van der Waals surface area contributed by atoms with Gasteiger partial charge < -0.3 is 0 Å². The summed E-state index contributed by atoms with van der Waals surface area (Å²) in [4.78, 5) is 0.463. The van der Waals surface area contributed by atoms with Gasteiger partial charge in [-0.05, 0) is 36.6 Å². The highest BCUT2D eigenvalue weighted by molar-refractivity contribution is 7.92. The zero-order valence-corrected chi connectivity index (χ0v) is 18.3. The average molecular weight is 400 g/mol. The number of fused-ring (bicyclic) bond motifs is 2. The lowest BCUT2D eigenvalue weighted by atomic mass is 9.85. The molecular weight excluding hydrogens is 366 g/mol. The fourth-order valence-corrected chi connectivity index (χ4v) is 5.76. The molecule has 2 aromatic rings. The Balaban J connectivity index is 1.90. The molecule has 3 rings (SSSR count). The number of hydrogen-bond acceptors (Lipinski definition) is 2. The molecule has 1 heterocycles. The van der Waals surface area contributed by atoms with Gasteiger partial charge in [-0.2, -0.15) is 0 Å². The Morgan fingerprint density at radius 1 is 0.893 bits per heavy atom. The molecule has 0 aromatic heterocycles. The number of aryl methyl sites for hydroxylation is 1. The van der Waals surface area contributed by atoms with E-state index in [1.54, 1.807) is 13.1 Å². The minimum atomic E-state index is -3.53. The van der Waals surface area contributed by atoms with Crippen LogP contribution in [-0.4, -0.2) is 15.5 Å². The van der Waals surface area contributed by atoms with Crippen LogP contribution in [0.3, 0.4) is 0 Å².